The molecule has 0 spiro atoms. The topological polar surface area (TPSA) is 15.3 Å². The van der Waals surface area contributed by atoms with Crippen LogP contribution in [0.15, 0.2) is 36.4 Å². The second-order valence-electron chi connectivity index (χ2n) is 5.83. The first-order chi connectivity index (χ1) is 9.15. The standard InChI is InChI=1S/C17H26N2/c1-14(2)18-12-15(3)13-19-10-8-16-6-4-5-7-17(16)9-11-19/h4-7,14,18H,3,8-13H2,1-2H3. The van der Waals surface area contributed by atoms with Crippen molar-refractivity contribution in [2.24, 2.45) is 0 Å². The van der Waals surface area contributed by atoms with Crippen molar-refractivity contribution in [2.45, 2.75) is 32.7 Å². The molecule has 0 amide bonds. The Morgan fingerprint density at radius 2 is 1.79 bits per heavy atom. The maximum absolute atomic E-state index is 4.20. The van der Waals surface area contributed by atoms with E-state index in [4.69, 9.17) is 0 Å². The van der Waals surface area contributed by atoms with Crippen LogP contribution >= 0.6 is 0 Å². The minimum absolute atomic E-state index is 0.533. The minimum Gasteiger partial charge on any atom is -0.311 e. The molecule has 1 aliphatic heterocycles. The van der Waals surface area contributed by atoms with Crippen molar-refractivity contribution in [3.05, 3.63) is 47.5 Å². The van der Waals surface area contributed by atoms with Gasteiger partial charge in [-0.2, -0.15) is 0 Å². The number of hydrogen-bond donors (Lipinski definition) is 1. The van der Waals surface area contributed by atoms with Gasteiger partial charge in [-0.25, -0.2) is 0 Å². The van der Waals surface area contributed by atoms with Gasteiger partial charge in [0.05, 0.1) is 0 Å². The molecule has 0 saturated carbocycles. The molecule has 0 aromatic heterocycles. The SMILES string of the molecule is C=C(CNC(C)C)CN1CCc2ccccc2CC1. The quantitative estimate of drug-likeness (QED) is 0.817. The normalized spacial score (nSPS) is 16.2. The van der Waals surface area contributed by atoms with E-state index in [0.29, 0.717) is 6.04 Å². The van der Waals surface area contributed by atoms with Gasteiger partial charge in [0.2, 0.25) is 0 Å². The van der Waals surface area contributed by atoms with Crippen LogP contribution in [0.25, 0.3) is 0 Å². The van der Waals surface area contributed by atoms with Crippen LogP contribution in [-0.2, 0) is 12.8 Å². The number of nitrogens with one attached hydrogen (secondary N) is 1. The average molecular weight is 258 g/mol. The zero-order valence-corrected chi connectivity index (χ0v) is 12.3. The minimum atomic E-state index is 0.533. The van der Waals surface area contributed by atoms with Gasteiger partial charge in [-0.1, -0.05) is 44.7 Å². The number of rotatable bonds is 5. The van der Waals surface area contributed by atoms with Crippen LogP contribution in [0.2, 0.25) is 0 Å². The molecular formula is C17H26N2. The first-order valence-electron chi connectivity index (χ1n) is 7.34. The van der Waals surface area contributed by atoms with Crippen molar-refractivity contribution in [1.82, 2.24) is 10.2 Å². The summed E-state index contributed by atoms with van der Waals surface area (Å²) in [4.78, 5) is 2.53. The van der Waals surface area contributed by atoms with E-state index < -0.39 is 0 Å². The molecule has 0 atom stereocenters. The molecular weight excluding hydrogens is 232 g/mol. The predicted octanol–water partition coefficient (Wildman–Crippen LogP) is 2.64. The Bertz CT molecular complexity index is 396. The van der Waals surface area contributed by atoms with E-state index >= 15 is 0 Å². The van der Waals surface area contributed by atoms with Crippen LogP contribution in [0.5, 0.6) is 0 Å². The summed E-state index contributed by atoms with van der Waals surface area (Å²) < 4.78 is 0. The van der Waals surface area contributed by atoms with Crippen molar-refractivity contribution in [1.29, 1.82) is 0 Å². The summed E-state index contributed by atoms with van der Waals surface area (Å²) in [5.74, 6) is 0. The Kier molecular flexibility index (Phi) is 5.17. The van der Waals surface area contributed by atoms with Crippen LogP contribution in [0.1, 0.15) is 25.0 Å². The van der Waals surface area contributed by atoms with Gasteiger partial charge in [0.15, 0.2) is 0 Å². The fourth-order valence-corrected chi connectivity index (χ4v) is 2.59. The monoisotopic (exact) mass is 258 g/mol. The molecule has 0 bridgehead atoms. The maximum atomic E-state index is 4.20. The predicted molar refractivity (Wildman–Crippen MR) is 82.6 cm³/mol. The summed E-state index contributed by atoms with van der Waals surface area (Å²) >= 11 is 0. The van der Waals surface area contributed by atoms with E-state index in [0.717, 1.165) is 26.2 Å². The third kappa shape index (κ3) is 4.48. The van der Waals surface area contributed by atoms with E-state index in [2.05, 4.69) is 54.9 Å². The fourth-order valence-electron chi connectivity index (χ4n) is 2.59. The van der Waals surface area contributed by atoms with Gasteiger partial charge in [0.1, 0.15) is 0 Å². The van der Waals surface area contributed by atoms with Crippen molar-refractivity contribution in [2.75, 3.05) is 26.2 Å². The lowest BCUT2D eigenvalue weighted by Crippen LogP contribution is -2.33. The highest BCUT2D eigenvalue weighted by Gasteiger charge is 2.13. The van der Waals surface area contributed by atoms with Gasteiger partial charge in [-0.15, -0.1) is 0 Å². The lowest BCUT2D eigenvalue weighted by molar-refractivity contribution is 0.309. The second-order valence-corrected chi connectivity index (χ2v) is 5.83. The zero-order valence-electron chi connectivity index (χ0n) is 12.3. The lowest BCUT2D eigenvalue weighted by Gasteiger charge is -2.21. The Labute approximate surface area is 117 Å². The molecule has 104 valence electrons. The van der Waals surface area contributed by atoms with Crippen molar-refractivity contribution in [3.8, 4) is 0 Å². The van der Waals surface area contributed by atoms with E-state index in [-0.39, 0.29) is 0 Å². The highest BCUT2D eigenvalue weighted by atomic mass is 15.1. The van der Waals surface area contributed by atoms with Crippen LogP contribution in [-0.4, -0.2) is 37.1 Å². The molecule has 0 aliphatic carbocycles. The Balaban J connectivity index is 1.83. The number of nitrogens with zero attached hydrogens (tertiary/aromatic N) is 1. The molecule has 0 saturated heterocycles. The van der Waals surface area contributed by atoms with Crippen LogP contribution in [0.3, 0.4) is 0 Å². The Morgan fingerprint density at radius 3 is 2.32 bits per heavy atom. The van der Waals surface area contributed by atoms with Gasteiger partial charge in [0.25, 0.3) is 0 Å². The molecule has 0 unspecified atom stereocenters. The fraction of sp³-hybridized carbons (Fsp3) is 0.529. The molecule has 1 aromatic carbocycles. The summed E-state index contributed by atoms with van der Waals surface area (Å²) in [6.07, 6.45) is 2.34. The molecule has 2 rings (SSSR count). The molecule has 2 heteroatoms. The van der Waals surface area contributed by atoms with Gasteiger partial charge < -0.3 is 5.32 Å². The second kappa shape index (κ2) is 6.88. The largest absolute Gasteiger partial charge is 0.311 e. The highest BCUT2D eigenvalue weighted by Crippen LogP contribution is 2.15. The average Bonchev–Trinajstić information content (AvgIpc) is 2.59. The first kappa shape index (κ1) is 14.3. The summed E-state index contributed by atoms with van der Waals surface area (Å²) in [6.45, 7) is 12.8. The summed E-state index contributed by atoms with van der Waals surface area (Å²) in [5, 5.41) is 3.44. The van der Waals surface area contributed by atoms with Gasteiger partial charge >= 0.3 is 0 Å². The van der Waals surface area contributed by atoms with Gasteiger partial charge in [0, 0.05) is 32.2 Å². The zero-order chi connectivity index (χ0) is 13.7. The van der Waals surface area contributed by atoms with Crippen molar-refractivity contribution < 1.29 is 0 Å². The van der Waals surface area contributed by atoms with E-state index in [9.17, 15) is 0 Å². The van der Waals surface area contributed by atoms with E-state index in [1.165, 1.54) is 29.5 Å². The van der Waals surface area contributed by atoms with Crippen molar-refractivity contribution >= 4 is 0 Å². The summed E-state index contributed by atoms with van der Waals surface area (Å²) in [5.41, 5.74) is 4.34. The highest BCUT2D eigenvalue weighted by molar-refractivity contribution is 5.28. The smallest absolute Gasteiger partial charge is 0.0203 e. The molecule has 0 radical (unpaired) electrons. The van der Waals surface area contributed by atoms with E-state index in [1.807, 2.05) is 0 Å². The van der Waals surface area contributed by atoms with Gasteiger partial charge in [-0.3, -0.25) is 4.90 Å². The van der Waals surface area contributed by atoms with Crippen LogP contribution in [0.4, 0.5) is 0 Å². The van der Waals surface area contributed by atoms with Crippen LogP contribution < -0.4 is 5.32 Å². The van der Waals surface area contributed by atoms with Crippen LogP contribution in [0, 0.1) is 0 Å². The Morgan fingerprint density at radius 1 is 1.21 bits per heavy atom. The molecule has 1 heterocycles. The third-order valence-electron chi connectivity index (χ3n) is 3.72. The molecule has 1 N–H and O–H groups in total. The number of benzene rings is 1. The molecule has 0 fully saturated rings. The lowest BCUT2D eigenvalue weighted by atomic mass is 10.0. The number of hydrogen-bond acceptors (Lipinski definition) is 2. The molecule has 19 heavy (non-hydrogen) atoms. The number of fused-ring (bicyclic) bond motifs is 1. The van der Waals surface area contributed by atoms with E-state index in [1.54, 1.807) is 0 Å². The Hall–Kier alpha value is -1.12. The van der Waals surface area contributed by atoms with Gasteiger partial charge in [-0.05, 0) is 29.5 Å². The summed E-state index contributed by atoms with van der Waals surface area (Å²) in [6, 6.07) is 9.38. The molecule has 1 aliphatic rings. The maximum Gasteiger partial charge on any atom is 0.0203 e. The molecule has 2 nitrogen and oxygen atoms in total. The molecule has 1 aromatic rings. The first-order valence-corrected chi connectivity index (χ1v) is 7.34. The van der Waals surface area contributed by atoms with Crippen molar-refractivity contribution in [3.63, 3.8) is 0 Å². The summed E-state index contributed by atoms with van der Waals surface area (Å²) in [7, 11) is 0. The third-order valence-corrected chi connectivity index (χ3v) is 3.72.